The number of ether oxygens (including phenoxy) is 1. The molecule has 0 aliphatic rings. The summed E-state index contributed by atoms with van der Waals surface area (Å²) in [7, 11) is -3.13. The van der Waals surface area contributed by atoms with Gasteiger partial charge in [-0.25, -0.2) is 0 Å². The summed E-state index contributed by atoms with van der Waals surface area (Å²) in [5.74, 6) is 0.730. The summed E-state index contributed by atoms with van der Waals surface area (Å²) in [4.78, 5) is -0.353. The Kier molecular flexibility index (Phi) is 6.19. The minimum atomic E-state index is -4.90. The number of benzene rings is 2. The van der Waals surface area contributed by atoms with Gasteiger partial charge < -0.3 is 4.74 Å². The molecule has 2 rings (SSSR count). The van der Waals surface area contributed by atoms with Crippen LogP contribution in [0.2, 0.25) is 0 Å². The Labute approximate surface area is 154 Å². The summed E-state index contributed by atoms with van der Waals surface area (Å²) < 4.78 is 72.9. The smallest absolute Gasteiger partial charge is 0.437 e. The maximum atomic E-state index is 13.2. The van der Waals surface area contributed by atoms with Gasteiger partial charge in [-0.1, -0.05) is 29.4 Å². The zero-order valence-corrected chi connectivity index (χ0v) is 15.1. The first-order chi connectivity index (χ1) is 12.2. The van der Waals surface area contributed by atoms with Crippen molar-refractivity contribution in [2.24, 2.45) is 5.16 Å². The van der Waals surface area contributed by atoms with Crippen LogP contribution in [-0.2, 0) is 20.2 Å². The minimum absolute atomic E-state index is 0.326. The summed E-state index contributed by atoms with van der Waals surface area (Å²) in [6, 6.07) is 10.1. The Bertz CT molecular complexity index is 877. The zero-order chi connectivity index (χ0) is 19.4. The number of hydrogen-bond acceptors (Lipinski definition) is 6. The van der Waals surface area contributed by atoms with Crippen molar-refractivity contribution in [3.05, 3.63) is 59.7 Å². The fraction of sp³-hybridized carbons (Fsp3) is 0.188. The highest BCUT2D eigenvalue weighted by molar-refractivity contribution is 7.86. The normalized spacial score (nSPS) is 12.7. The lowest BCUT2D eigenvalue weighted by molar-refractivity contribution is -0.0597. The maximum absolute atomic E-state index is 13.2. The molecule has 0 aliphatic heterocycles. The van der Waals surface area contributed by atoms with Gasteiger partial charge >= 0.3 is 16.3 Å². The van der Waals surface area contributed by atoms with Crippen molar-refractivity contribution in [1.29, 1.82) is 0 Å². The van der Waals surface area contributed by atoms with E-state index in [1.54, 1.807) is 0 Å². The average Bonchev–Trinajstić information content (AvgIpc) is 2.61. The molecule has 10 heteroatoms. The standard InChI is InChI=1S/C16H14F3NO4S2/c1-23-13-6-8-14(9-7-13)26(21,22)24-20-15(16(17,18)19)12-4-2-11(10-25)3-5-12/h2-9,25H,10H2,1H3/b20-15-. The fourth-order valence-corrected chi connectivity index (χ4v) is 2.85. The molecule has 0 aromatic heterocycles. The van der Waals surface area contributed by atoms with Gasteiger partial charge in [0, 0.05) is 11.3 Å². The first kappa shape index (κ1) is 20.1. The molecule has 2 aromatic carbocycles. The molecule has 140 valence electrons. The highest BCUT2D eigenvalue weighted by Crippen LogP contribution is 2.25. The Balaban J connectivity index is 2.34. The number of oxime groups is 1. The Morgan fingerprint density at radius 1 is 1.08 bits per heavy atom. The molecule has 0 amide bonds. The molecule has 0 spiro atoms. The van der Waals surface area contributed by atoms with Crippen molar-refractivity contribution in [2.45, 2.75) is 16.8 Å². The average molecular weight is 405 g/mol. The lowest BCUT2D eigenvalue weighted by Gasteiger charge is -2.11. The molecule has 0 unspecified atom stereocenters. The molecule has 0 fully saturated rings. The van der Waals surface area contributed by atoms with E-state index < -0.39 is 22.0 Å². The van der Waals surface area contributed by atoms with E-state index in [1.165, 1.54) is 43.5 Å². The number of thiol groups is 1. The van der Waals surface area contributed by atoms with Crippen LogP contribution in [0.5, 0.6) is 5.75 Å². The zero-order valence-electron chi connectivity index (χ0n) is 13.4. The number of rotatable bonds is 6. The van der Waals surface area contributed by atoms with Gasteiger partial charge in [0.2, 0.25) is 0 Å². The van der Waals surface area contributed by atoms with E-state index in [1.807, 2.05) is 0 Å². The van der Waals surface area contributed by atoms with E-state index in [9.17, 15) is 21.6 Å². The largest absolute Gasteiger partial charge is 0.497 e. The van der Waals surface area contributed by atoms with E-state index in [4.69, 9.17) is 4.74 Å². The van der Waals surface area contributed by atoms with Crippen molar-refractivity contribution in [1.82, 2.24) is 0 Å². The third-order valence-corrected chi connectivity index (χ3v) is 4.74. The second kappa shape index (κ2) is 8.00. The molecule has 0 atom stereocenters. The highest BCUT2D eigenvalue weighted by Gasteiger charge is 2.38. The van der Waals surface area contributed by atoms with Gasteiger partial charge in [-0.15, -0.1) is 0 Å². The first-order valence-corrected chi connectivity index (χ1v) is 9.14. The molecular formula is C16H14F3NO4S2. The van der Waals surface area contributed by atoms with Crippen LogP contribution in [0.25, 0.3) is 0 Å². The predicted molar refractivity (Wildman–Crippen MR) is 93.0 cm³/mol. The lowest BCUT2D eigenvalue weighted by atomic mass is 10.1. The molecule has 0 heterocycles. The number of nitrogens with zero attached hydrogens (tertiary/aromatic N) is 1. The van der Waals surface area contributed by atoms with Crippen molar-refractivity contribution in [2.75, 3.05) is 7.11 Å². The molecule has 0 radical (unpaired) electrons. The van der Waals surface area contributed by atoms with E-state index in [2.05, 4.69) is 22.1 Å². The quantitative estimate of drug-likeness (QED) is 0.451. The molecule has 0 saturated carbocycles. The van der Waals surface area contributed by atoms with Crippen molar-refractivity contribution >= 4 is 28.5 Å². The SMILES string of the molecule is COc1ccc(S(=O)(=O)O/N=C(/c2ccc(CS)cc2)C(F)(F)F)cc1. The second-order valence-corrected chi connectivity index (χ2v) is 6.84. The van der Waals surface area contributed by atoms with Gasteiger partial charge in [-0.2, -0.15) is 34.2 Å². The summed E-state index contributed by atoms with van der Waals surface area (Å²) in [5, 5.41) is 2.86. The first-order valence-electron chi connectivity index (χ1n) is 7.10. The van der Waals surface area contributed by atoms with Crippen LogP contribution in [0.4, 0.5) is 13.2 Å². The van der Waals surface area contributed by atoms with Crippen molar-refractivity contribution < 1.29 is 30.6 Å². The maximum Gasteiger partial charge on any atom is 0.437 e. The summed E-state index contributed by atoms with van der Waals surface area (Å²) in [6.07, 6.45) is -4.90. The topological polar surface area (TPSA) is 65.0 Å². The van der Waals surface area contributed by atoms with E-state index >= 15 is 0 Å². The molecule has 0 aliphatic carbocycles. The lowest BCUT2D eigenvalue weighted by Crippen LogP contribution is -2.25. The van der Waals surface area contributed by atoms with Gasteiger partial charge in [-0.05, 0) is 29.8 Å². The molecule has 0 saturated heterocycles. The van der Waals surface area contributed by atoms with E-state index in [-0.39, 0.29) is 10.5 Å². The van der Waals surface area contributed by atoms with Crippen LogP contribution in [0.3, 0.4) is 0 Å². The van der Waals surface area contributed by atoms with Crippen LogP contribution in [0.1, 0.15) is 11.1 Å². The van der Waals surface area contributed by atoms with Crippen LogP contribution < -0.4 is 4.74 Å². The van der Waals surface area contributed by atoms with E-state index in [0.29, 0.717) is 17.1 Å². The fourth-order valence-electron chi connectivity index (χ4n) is 1.91. The van der Waals surface area contributed by atoms with Crippen molar-refractivity contribution in [3.63, 3.8) is 0 Å². The van der Waals surface area contributed by atoms with Crippen LogP contribution in [0, 0.1) is 0 Å². The number of halogens is 3. The highest BCUT2D eigenvalue weighted by atomic mass is 32.2. The monoisotopic (exact) mass is 405 g/mol. The summed E-state index contributed by atoms with van der Waals surface area (Å²) in [5.41, 5.74) is -1.08. The van der Waals surface area contributed by atoms with Gasteiger partial charge in [0.1, 0.15) is 10.6 Å². The van der Waals surface area contributed by atoms with Crippen LogP contribution in [-0.4, -0.2) is 27.4 Å². The third kappa shape index (κ3) is 4.92. The van der Waals surface area contributed by atoms with Crippen LogP contribution >= 0.6 is 12.6 Å². The van der Waals surface area contributed by atoms with Crippen molar-refractivity contribution in [3.8, 4) is 5.75 Å². The molecular weight excluding hydrogens is 391 g/mol. The number of alkyl halides is 3. The molecule has 2 aromatic rings. The van der Waals surface area contributed by atoms with Gasteiger partial charge in [0.05, 0.1) is 7.11 Å². The van der Waals surface area contributed by atoms with Crippen LogP contribution in [0.15, 0.2) is 58.6 Å². The number of hydrogen-bond donors (Lipinski definition) is 1. The number of methoxy groups -OCH3 is 1. The second-order valence-electron chi connectivity index (χ2n) is 5.00. The Morgan fingerprint density at radius 3 is 2.12 bits per heavy atom. The Morgan fingerprint density at radius 2 is 1.65 bits per heavy atom. The molecule has 0 bridgehead atoms. The predicted octanol–water partition coefficient (Wildman–Crippen LogP) is 3.80. The van der Waals surface area contributed by atoms with Gasteiger partial charge in [0.15, 0.2) is 5.71 Å². The molecule has 26 heavy (non-hydrogen) atoms. The molecule has 0 N–H and O–H groups in total. The van der Waals surface area contributed by atoms with E-state index in [0.717, 1.165) is 12.1 Å². The minimum Gasteiger partial charge on any atom is -0.497 e. The third-order valence-electron chi connectivity index (χ3n) is 3.25. The Hall–Kier alpha value is -2.20. The summed E-state index contributed by atoms with van der Waals surface area (Å²) >= 11 is 4.02. The van der Waals surface area contributed by atoms with Gasteiger partial charge in [0.25, 0.3) is 0 Å². The summed E-state index contributed by atoms with van der Waals surface area (Å²) in [6.45, 7) is 0. The van der Waals surface area contributed by atoms with Gasteiger partial charge in [-0.3, -0.25) is 4.28 Å². The molecule has 5 nitrogen and oxygen atoms in total.